The van der Waals surface area contributed by atoms with Gasteiger partial charge >= 0.3 is 0 Å². The van der Waals surface area contributed by atoms with Crippen LogP contribution in [-0.2, 0) is 10.0 Å². The number of non-ortho nitro benzene ring substituents is 1. The van der Waals surface area contributed by atoms with Crippen LogP contribution in [0.4, 0.5) is 5.69 Å². The van der Waals surface area contributed by atoms with E-state index in [9.17, 15) is 18.5 Å². The SMILES string of the molecule is Cc1ccc([N+](=O)[O-])cc1S(=O)(=O)NCC1CCCC1. The Balaban J connectivity index is 2.19. The molecule has 1 fully saturated rings. The third kappa shape index (κ3) is 3.34. The third-order valence-corrected chi connectivity index (χ3v) is 5.27. The summed E-state index contributed by atoms with van der Waals surface area (Å²) in [6.45, 7) is 2.04. The Morgan fingerprint density at radius 1 is 1.35 bits per heavy atom. The largest absolute Gasteiger partial charge is 0.270 e. The van der Waals surface area contributed by atoms with Crippen LogP contribution in [0.3, 0.4) is 0 Å². The second kappa shape index (κ2) is 5.88. The summed E-state index contributed by atoms with van der Waals surface area (Å²) in [7, 11) is -3.69. The van der Waals surface area contributed by atoms with Crippen LogP contribution in [-0.4, -0.2) is 19.9 Å². The molecule has 1 saturated carbocycles. The lowest BCUT2D eigenvalue weighted by molar-refractivity contribution is -0.385. The Morgan fingerprint density at radius 2 is 2.00 bits per heavy atom. The highest BCUT2D eigenvalue weighted by Crippen LogP contribution is 2.25. The molecule has 1 aliphatic carbocycles. The van der Waals surface area contributed by atoms with Gasteiger partial charge < -0.3 is 0 Å². The second-order valence-corrected chi connectivity index (χ2v) is 6.94. The van der Waals surface area contributed by atoms with E-state index in [1.165, 1.54) is 12.1 Å². The van der Waals surface area contributed by atoms with Gasteiger partial charge in [0.15, 0.2) is 0 Å². The number of sulfonamides is 1. The van der Waals surface area contributed by atoms with Gasteiger partial charge in [-0.3, -0.25) is 10.1 Å². The van der Waals surface area contributed by atoms with Crippen molar-refractivity contribution < 1.29 is 13.3 Å². The van der Waals surface area contributed by atoms with Crippen LogP contribution in [0.1, 0.15) is 31.2 Å². The first kappa shape index (κ1) is 14.9. The molecule has 1 aromatic carbocycles. The maximum absolute atomic E-state index is 12.3. The molecule has 0 radical (unpaired) electrons. The molecule has 0 spiro atoms. The molecule has 1 aliphatic rings. The van der Waals surface area contributed by atoms with Crippen LogP contribution in [0, 0.1) is 23.0 Å². The summed E-state index contributed by atoms with van der Waals surface area (Å²) in [4.78, 5) is 10.2. The number of nitrogens with one attached hydrogen (secondary N) is 1. The highest BCUT2D eigenvalue weighted by Gasteiger charge is 2.23. The first-order valence-corrected chi connectivity index (χ1v) is 8.13. The molecule has 2 rings (SSSR count). The number of nitro groups is 1. The summed E-state index contributed by atoms with van der Waals surface area (Å²) in [6.07, 6.45) is 4.36. The van der Waals surface area contributed by atoms with E-state index >= 15 is 0 Å². The number of aryl methyl sites for hydroxylation is 1. The topological polar surface area (TPSA) is 89.3 Å². The van der Waals surface area contributed by atoms with E-state index in [0.717, 1.165) is 31.7 Å². The van der Waals surface area contributed by atoms with Crippen molar-refractivity contribution in [2.24, 2.45) is 5.92 Å². The van der Waals surface area contributed by atoms with Crippen molar-refractivity contribution in [3.63, 3.8) is 0 Å². The fourth-order valence-electron chi connectivity index (χ4n) is 2.51. The number of nitro benzene ring substituents is 1. The maximum Gasteiger partial charge on any atom is 0.270 e. The van der Waals surface area contributed by atoms with Crippen LogP contribution in [0.2, 0.25) is 0 Å². The minimum absolute atomic E-state index is 0.00954. The summed E-state index contributed by atoms with van der Waals surface area (Å²) < 4.78 is 27.1. The highest BCUT2D eigenvalue weighted by atomic mass is 32.2. The van der Waals surface area contributed by atoms with Crippen LogP contribution in [0.15, 0.2) is 23.1 Å². The number of hydrogen-bond donors (Lipinski definition) is 1. The molecular weight excluding hydrogens is 280 g/mol. The van der Waals surface area contributed by atoms with E-state index in [-0.39, 0.29) is 10.6 Å². The quantitative estimate of drug-likeness (QED) is 0.667. The Labute approximate surface area is 118 Å². The Kier molecular flexibility index (Phi) is 4.39. The lowest BCUT2D eigenvalue weighted by atomic mass is 10.1. The molecule has 110 valence electrons. The van der Waals surface area contributed by atoms with Crippen molar-refractivity contribution in [1.82, 2.24) is 4.72 Å². The number of hydrogen-bond acceptors (Lipinski definition) is 4. The zero-order valence-electron chi connectivity index (χ0n) is 11.3. The molecule has 20 heavy (non-hydrogen) atoms. The van der Waals surface area contributed by atoms with Crippen molar-refractivity contribution in [2.45, 2.75) is 37.5 Å². The van der Waals surface area contributed by atoms with Gasteiger partial charge in [-0.15, -0.1) is 0 Å². The number of nitrogens with zero attached hydrogens (tertiary/aromatic N) is 1. The summed E-state index contributed by atoms with van der Waals surface area (Å²) >= 11 is 0. The molecule has 7 heteroatoms. The average Bonchev–Trinajstić information content (AvgIpc) is 2.89. The third-order valence-electron chi connectivity index (χ3n) is 3.71. The minimum Gasteiger partial charge on any atom is -0.258 e. The van der Waals surface area contributed by atoms with E-state index in [1.54, 1.807) is 6.92 Å². The van der Waals surface area contributed by atoms with Crippen LogP contribution in [0.5, 0.6) is 0 Å². The molecule has 0 heterocycles. The van der Waals surface area contributed by atoms with Crippen molar-refractivity contribution in [3.8, 4) is 0 Å². The molecule has 0 atom stereocenters. The standard InChI is InChI=1S/C13H18N2O4S/c1-10-6-7-12(15(16)17)8-13(10)20(18,19)14-9-11-4-2-3-5-11/h6-8,11,14H,2-5,9H2,1H3. The van der Waals surface area contributed by atoms with Gasteiger partial charge in [0.1, 0.15) is 0 Å². The second-order valence-electron chi connectivity index (χ2n) is 5.21. The fourth-order valence-corrected chi connectivity index (χ4v) is 3.89. The molecule has 0 bridgehead atoms. The van der Waals surface area contributed by atoms with Gasteiger partial charge in [-0.05, 0) is 31.2 Å². The van der Waals surface area contributed by atoms with Crippen molar-refractivity contribution >= 4 is 15.7 Å². The molecule has 0 unspecified atom stereocenters. The van der Waals surface area contributed by atoms with Crippen molar-refractivity contribution in [2.75, 3.05) is 6.54 Å². The predicted octanol–water partition coefficient (Wildman–Crippen LogP) is 2.37. The molecule has 1 aromatic rings. The van der Waals surface area contributed by atoms with E-state index in [2.05, 4.69) is 4.72 Å². The first-order valence-electron chi connectivity index (χ1n) is 6.65. The summed E-state index contributed by atoms with van der Waals surface area (Å²) in [5.74, 6) is 0.378. The lowest BCUT2D eigenvalue weighted by Crippen LogP contribution is -2.29. The molecule has 6 nitrogen and oxygen atoms in total. The summed E-state index contributed by atoms with van der Waals surface area (Å²) in [6, 6.07) is 3.89. The van der Waals surface area contributed by atoms with E-state index in [4.69, 9.17) is 0 Å². The molecule has 0 aliphatic heterocycles. The number of rotatable bonds is 5. The van der Waals surface area contributed by atoms with Gasteiger partial charge in [0, 0.05) is 18.7 Å². The van der Waals surface area contributed by atoms with Crippen LogP contribution >= 0.6 is 0 Å². The van der Waals surface area contributed by atoms with Crippen molar-refractivity contribution in [3.05, 3.63) is 33.9 Å². The lowest BCUT2D eigenvalue weighted by Gasteiger charge is -2.12. The fraction of sp³-hybridized carbons (Fsp3) is 0.538. The van der Waals surface area contributed by atoms with E-state index < -0.39 is 14.9 Å². The monoisotopic (exact) mass is 298 g/mol. The number of benzene rings is 1. The summed E-state index contributed by atoms with van der Waals surface area (Å²) in [5.41, 5.74) is 0.298. The van der Waals surface area contributed by atoms with Gasteiger partial charge in [-0.25, -0.2) is 13.1 Å². The normalized spacial score (nSPS) is 16.4. The Hall–Kier alpha value is -1.47. The van der Waals surface area contributed by atoms with E-state index in [0.29, 0.717) is 18.0 Å². The van der Waals surface area contributed by atoms with E-state index in [1.807, 2.05) is 0 Å². The predicted molar refractivity (Wildman–Crippen MR) is 75.0 cm³/mol. The Morgan fingerprint density at radius 3 is 2.60 bits per heavy atom. The van der Waals surface area contributed by atoms with Gasteiger partial charge in [-0.1, -0.05) is 18.9 Å². The molecule has 0 saturated heterocycles. The maximum atomic E-state index is 12.3. The van der Waals surface area contributed by atoms with Gasteiger partial charge in [-0.2, -0.15) is 0 Å². The molecule has 0 amide bonds. The van der Waals surface area contributed by atoms with Gasteiger partial charge in [0.05, 0.1) is 9.82 Å². The Bertz CT molecular complexity index is 607. The zero-order valence-corrected chi connectivity index (χ0v) is 12.1. The van der Waals surface area contributed by atoms with Gasteiger partial charge in [0.25, 0.3) is 5.69 Å². The highest BCUT2D eigenvalue weighted by molar-refractivity contribution is 7.89. The smallest absolute Gasteiger partial charge is 0.258 e. The molecule has 0 aromatic heterocycles. The average molecular weight is 298 g/mol. The minimum atomic E-state index is -3.69. The summed E-state index contributed by atoms with van der Waals surface area (Å²) in [5, 5.41) is 10.7. The van der Waals surface area contributed by atoms with Crippen LogP contribution in [0.25, 0.3) is 0 Å². The zero-order chi connectivity index (χ0) is 14.8. The first-order chi connectivity index (χ1) is 9.40. The van der Waals surface area contributed by atoms with Gasteiger partial charge in [0.2, 0.25) is 10.0 Å². The molecular formula is C13H18N2O4S. The van der Waals surface area contributed by atoms with Crippen LogP contribution < -0.4 is 4.72 Å². The molecule has 1 N–H and O–H groups in total. The van der Waals surface area contributed by atoms with Crippen molar-refractivity contribution in [1.29, 1.82) is 0 Å².